The molecule has 0 radical (unpaired) electrons. The molecule has 2 heteroatoms. The maximum absolute atomic E-state index is 6.13. The van der Waals surface area contributed by atoms with Crippen LogP contribution < -0.4 is 5.32 Å². The van der Waals surface area contributed by atoms with Gasteiger partial charge in [0.15, 0.2) is 0 Å². The van der Waals surface area contributed by atoms with Crippen molar-refractivity contribution in [1.29, 1.82) is 0 Å². The summed E-state index contributed by atoms with van der Waals surface area (Å²) in [6.45, 7) is 5.71. The molecule has 0 aromatic carbocycles. The molecule has 2 nitrogen and oxygen atoms in total. The molecular weight excluding hydrogens is 198 g/mol. The van der Waals surface area contributed by atoms with Crippen molar-refractivity contribution in [3.8, 4) is 0 Å². The van der Waals surface area contributed by atoms with Gasteiger partial charge in [-0.1, -0.05) is 13.8 Å². The van der Waals surface area contributed by atoms with E-state index in [2.05, 4.69) is 26.2 Å². The Bertz CT molecular complexity index is 213. The predicted octanol–water partition coefficient (Wildman–Crippen LogP) is 2.83. The SMILES string of the molecule is CNC1CCC(C(C)C)CC1OCC1CC1. The predicted molar refractivity (Wildman–Crippen MR) is 67.5 cm³/mol. The van der Waals surface area contributed by atoms with Crippen LogP contribution in [0.5, 0.6) is 0 Å². The Morgan fingerprint density at radius 1 is 1.19 bits per heavy atom. The minimum Gasteiger partial charge on any atom is -0.376 e. The highest BCUT2D eigenvalue weighted by Gasteiger charge is 2.33. The Kier molecular flexibility index (Phi) is 4.26. The Hall–Kier alpha value is -0.0800. The van der Waals surface area contributed by atoms with Crippen molar-refractivity contribution in [1.82, 2.24) is 5.32 Å². The Labute approximate surface area is 100 Å². The van der Waals surface area contributed by atoms with Crippen LogP contribution >= 0.6 is 0 Å². The summed E-state index contributed by atoms with van der Waals surface area (Å²) in [5.41, 5.74) is 0. The molecule has 1 N–H and O–H groups in total. The van der Waals surface area contributed by atoms with Gasteiger partial charge >= 0.3 is 0 Å². The van der Waals surface area contributed by atoms with Crippen LogP contribution in [0.15, 0.2) is 0 Å². The second kappa shape index (κ2) is 5.50. The highest BCUT2D eigenvalue weighted by Crippen LogP contribution is 2.34. The first-order valence-electron chi connectivity index (χ1n) is 6.99. The average Bonchev–Trinajstić information content (AvgIpc) is 3.09. The number of nitrogens with one attached hydrogen (secondary N) is 1. The molecule has 2 rings (SSSR count). The van der Waals surface area contributed by atoms with Gasteiger partial charge in [0.2, 0.25) is 0 Å². The topological polar surface area (TPSA) is 21.3 Å². The lowest BCUT2D eigenvalue weighted by Gasteiger charge is -2.37. The summed E-state index contributed by atoms with van der Waals surface area (Å²) in [5, 5.41) is 3.43. The first-order valence-corrected chi connectivity index (χ1v) is 6.99. The van der Waals surface area contributed by atoms with E-state index >= 15 is 0 Å². The van der Waals surface area contributed by atoms with Crippen molar-refractivity contribution < 1.29 is 4.74 Å². The monoisotopic (exact) mass is 225 g/mol. The third kappa shape index (κ3) is 3.21. The van der Waals surface area contributed by atoms with E-state index in [4.69, 9.17) is 4.74 Å². The first-order chi connectivity index (χ1) is 7.70. The summed E-state index contributed by atoms with van der Waals surface area (Å²) < 4.78 is 6.13. The quantitative estimate of drug-likeness (QED) is 0.777. The fourth-order valence-corrected chi connectivity index (χ4v) is 2.82. The van der Waals surface area contributed by atoms with Crippen LogP contribution in [0.4, 0.5) is 0 Å². The largest absolute Gasteiger partial charge is 0.376 e. The van der Waals surface area contributed by atoms with Gasteiger partial charge in [0, 0.05) is 12.6 Å². The second-order valence-corrected chi connectivity index (χ2v) is 6.03. The van der Waals surface area contributed by atoms with E-state index in [-0.39, 0.29) is 0 Å². The van der Waals surface area contributed by atoms with Crippen molar-refractivity contribution in [3.05, 3.63) is 0 Å². The number of ether oxygens (including phenoxy) is 1. The van der Waals surface area contributed by atoms with Crippen molar-refractivity contribution in [2.24, 2.45) is 17.8 Å². The molecule has 0 aromatic heterocycles. The fraction of sp³-hybridized carbons (Fsp3) is 1.00. The fourth-order valence-electron chi connectivity index (χ4n) is 2.82. The number of likely N-dealkylation sites (N-methyl/N-ethyl adjacent to an activating group) is 1. The Balaban J connectivity index is 1.82. The molecule has 0 saturated heterocycles. The van der Waals surface area contributed by atoms with Gasteiger partial charge in [-0.05, 0) is 56.9 Å². The van der Waals surface area contributed by atoms with E-state index in [0.29, 0.717) is 12.1 Å². The zero-order valence-corrected chi connectivity index (χ0v) is 11.0. The van der Waals surface area contributed by atoms with Gasteiger partial charge in [-0.25, -0.2) is 0 Å². The highest BCUT2D eigenvalue weighted by molar-refractivity contribution is 4.86. The zero-order chi connectivity index (χ0) is 11.5. The third-order valence-corrected chi connectivity index (χ3v) is 4.39. The van der Waals surface area contributed by atoms with Crippen molar-refractivity contribution >= 4 is 0 Å². The Morgan fingerprint density at radius 2 is 1.94 bits per heavy atom. The van der Waals surface area contributed by atoms with Gasteiger partial charge in [-0.3, -0.25) is 0 Å². The summed E-state index contributed by atoms with van der Waals surface area (Å²) in [6, 6.07) is 0.591. The number of hydrogen-bond donors (Lipinski definition) is 1. The minimum absolute atomic E-state index is 0.465. The van der Waals surface area contributed by atoms with Crippen LogP contribution in [0.2, 0.25) is 0 Å². The number of rotatable bonds is 5. The lowest BCUT2D eigenvalue weighted by Crippen LogP contribution is -2.45. The molecule has 0 spiro atoms. The molecule has 3 atom stereocenters. The summed E-state index contributed by atoms with van der Waals surface area (Å²) in [7, 11) is 2.08. The summed E-state index contributed by atoms with van der Waals surface area (Å²) in [6.07, 6.45) is 7.17. The van der Waals surface area contributed by atoms with E-state index in [1.54, 1.807) is 0 Å². The lowest BCUT2D eigenvalue weighted by molar-refractivity contribution is -0.0194. The van der Waals surface area contributed by atoms with Crippen LogP contribution in [0.3, 0.4) is 0 Å². The minimum atomic E-state index is 0.465. The van der Waals surface area contributed by atoms with E-state index in [1.165, 1.54) is 32.1 Å². The van der Waals surface area contributed by atoms with Crippen molar-refractivity contribution in [2.75, 3.05) is 13.7 Å². The molecule has 3 unspecified atom stereocenters. The lowest BCUT2D eigenvalue weighted by atomic mass is 9.78. The van der Waals surface area contributed by atoms with E-state index < -0.39 is 0 Å². The van der Waals surface area contributed by atoms with Gasteiger partial charge < -0.3 is 10.1 Å². The van der Waals surface area contributed by atoms with Crippen LogP contribution in [-0.4, -0.2) is 25.8 Å². The normalized spacial score (nSPS) is 35.6. The summed E-state index contributed by atoms with van der Waals surface area (Å²) >= 11 is 0. The van der Waals surface area contributed by atoms with Gasteiger partial charge in [0.05, 0.1) is 6.10 Å². The smallest absolute Gasteiger partial charge is 0.0730 e. The van der Waals surface area contributed by atoms with E-state index in [0.717, 1.165) is 24.4 Å². The molecule has 16 heavy (non-hydrogen) atoms. The second-order valence-electron chi connectivity index (χ2n) is 6.03. The highest BCUT2D eigenvalue weighted by atomic mass is 16.5. The zero-order valence-electron chi connectivity index (χ0n) is 11.0. The van der Waals surface area contributed by atoms with E-state index in [9.17, 15) is 0 Å². The van der Waals surface area contributed by atoms with Crippen molar-refractivity contribution in [3.63, 3.8) is 0 Å². The van der Waals surface area contributed by atoms with E-state index in [1.807, 2.05) is 0 Å². The molecule has 0 heterocycles. The van der Waals surface area contributed by atoms with Crippen LogP contribution in [-0.2, 0) is 4.74 Å². The molecule has 0 amide bonds. The molecule has 0 aliphatic heterocycles. The van der Waals surface area contributed by atoms with Crippen LogP contribution in [0.25, 0.3) is 0 Å². The van der Waals surface area contributed by atoms with Crippen molar-refractivity contribution in [2.45, 2.75) is 58.1 Å². The molecule has 2 fully saturated rings. The van der Waals surface area contributed by atoms with Gasteiger partial charge in [-0.15, -0.1) is 0 Å². The molecular formula is C14H27NO. The molecule has 2 aliphatic rings. The van der Waals surface area contributed by atoms with Gasteiger partial charge in [0.1, 0.15) is 0 Å². The standard InChI is InChI=1S/C14H27NO/c1-10(2)12-6-7-13(15-3)14(8-12)16-9-11-4-5-11/h10-15H,4-9H2,1-3H3. The maximum atomic E-state index is 6.13. The maximum Gasteiger partial charge on any atom is 0.0730 e. The third-order valence-electron chi connectivity index (χ3n) is 4.39. The molecule has 0 bridgehead atoms. The molecule has 94 valence electrons. The molecule has 2 saturated carbocycles. The van der Waals surface area contributed by atoms with Gasteiger partial charge in [-0.2, -0.15) is 0 Å². The average molecular weight is 225 g/mol. The number of hydrogen-bond acceptors (Lipinski definition) is 2. The van der Waals surface area contributed by atoms with Crippen LogP contribution in [0, 0.1) is 17.8 Å². The van der Waals surface area contributed by atoms with Gasteiger partial charge in [0.25, 0.3) is 0 Å². The summed E-state index contributed by atoms with van der Waals surface area (Å²) in [4.78, 5) is 0. The molecule has 2 aliphatic carbocycles. The Morgan fingerprint density at radius 3 is 2.50 bits per heavy atom. The van der Waals surface area contributed by atoms with Crippen LogP contribution in [0.1, 0.15) is 46.0 Å². The summed E-state index contributed by atoms with van der Waals surface area (Å²) in [5.74, 6) is 2.57. The molecule has 0 aromatic rings. The first kappa shape index (κ1) is 12.4.